The van der Waals surface area contributed by atoms with E-state index in [2.05, 4.69) is 10.2 Å². The molecule has 2 aromatic carbocycles. The smallest absolute Gasteiger partial charge is 0.282 e. The Kier molecular flexibility index (Phi) is 6.08. The van der Waals surface area contributed by atoms with E-state index in [0.29, 0.717) is 16.5 Å². The predicted octanol–water partition coefficient (Wildman–Crippen LogP) is 1.79. The summed E-state index contributed by atoms with van der Waals surface area (Å²) < 4.78 is 5.13. The lowest BCUT2D eigenvalue weighted by molar-refractivity contribution is -0.914. The van der Waals surface area contributed by atoms with Crippen molar-refractivity contribution in [2.24, 2.45) is 0 Å². The number of amides is 1. The highest BCUT2D eigenvalue weighted by molar-refractivity contribution is 6.32. The van der Waals surface area contributed by atoms with Crippen LogP contribution in [0.3, 0.4) is 0 Å². The molecule has 144 valence electrons. The van der Waals surface area contributed by atoms with E-state index in [1.54, 1.807) is 37.4 Å². The van der Waals surface area contributed by atoms with Crippen molar-refractivity contribution in [3.05, 3.63) is 47.5 Å². The van der Waals surface area contributed by atoms with E-state index in [1.807, 2.05) is 19.1 Å². The average molecular weight is 391 g/mol. The van der Waals surface area contributed by atoms with E-state index in [1.165, 1.54) is 4.90 Å². The lowest BCUT2D eigenvalue weighted by atomic mass is 10.2. The summed E-state index contributed by atoms with van der Waals surface area (Å²) in [5, 5.41) is 12.8. The number of nitrogens with zero attached hydrogens (tertiary/aromatic N) is 1. The van der Waals surface area contributed by atoms with Gasteiger partial charge in [0.05, 0.1) is 38.3 Å². The van der Waals surface area contributed by atoms with E-state index < -0.39 is 0 Å². The van der Waals surface area contributed by atoms with Crippen molar-refractivity contribution < 1.29 is 19.5 Å². The SMILES string of the molecule is COc1ccc(NC(=O)[C@H](C)[NH+]2CCN(c3ccc(O)cc3)CC2)cc1Cl. The molecule has 1 atom stereocenters. The molecule has 3 N–H and O–H groups in total. The van der Waals surface area contributed by atoms with Crippen molar-refractivity contribution in [1.29, 1.82) is 0 Å². The van der Waals surface area contributed by atoms with Crippen LogP contribution in [-0.2, 0) is 4.79 Å². The van der Waals surface area contributed by atoms with Crippen LogP contribution >= 0.6 is 11.6 Å². The van der Waals surface area contributed by atoms with Gasteiger partial charge >= 0.3 is 0 Å². The number of nitrogens with one attached hydrogen (secondary N) is 2. The number of quaternary nitrogens is 1. The molecule has 1 heterocycles. The third-order valence-electron chi connectivity index (χ3n) is 5.05. The summed E-state index contributed by atoms with van der Waals surface area (Å²) in [5.41, 5.74) is 1.76. The van der Waals surface area contributed by atoms with Gasteiger partial charge in [-0.3, -0.25) is 4.79 Å². The molecular formula is C20H25ClN3O3+. The first-order chi connectivity index (χ1) is 13.0. The van der Waals surface area contributed by atoms with Gasteiger partial charge in [0.1, 0.15) is 11.5 Å². The highest BCUT2D eigenvalue weighted by atomic mass is 35.5. The quantitative estimate of drug-likeness (QED) is 0.728. The van der Waals surface area contributed by atoms with Crippen LogP contribution in [0.5, 0.6) is 11.5 Å². The van der Waals surface area contributed by atoms with Crippen LogP contribution in [0.15, 0.2) is 42.5 Å². The van der Waals surface area contributed by atoms with Crippen LogP contribution in [0.25, 0.3) is 0 Å². The maximum atomic E-state index is 12.6. The third-order valence-corrected chi connectivity index (χ3v) is 5.34. The van der Waals surface area contributed by atoms with Crippen LogP contribution in [0.4, 0.5) is 11.4 Å². The van der Waals surface area contributed by atoms with Crippen LogP contribution in [0, 0.1) is 0 Å². The Morgan fingerprint density at radius 2 is 1.89 bits per heavy atom. The normalized spacial score (nSPS) is 16.0. The topological polar surface area (TPSA) is 66.2 Å². The van der Waals surface area contributed by atoms with Gasteiger partial charge in [-0.25, -0.2) is 0 Å². The Balaban J connectivity index is 1.55. The fraction of sp³-hybridized carbons (Fsp3) is 0.350. The largest absolute Gasteiger partial charge is 0.508 e. The Labute approximate surface area is 164 Å². The number of anilines is 2. The molecule has 0 bridgehead atoms. The molecule has 0 aliphatic carbocycles. The van der Waals surface area contributed by atoms with E-state index in [0.717, 1.165) is 31.9 Å². The molecule has 7 heteroatoms. The number of piperazine rings is 1. The number of aromatic hydroxyl groups is 1. The number of hydrogen-bond acceptors (Lipinski definition) is 4. The zero-order chi connectivity index (χ0) is 19.4. The minimum atomic E-state index is -0.159. The van der Waals surface area contributed by atoms with Gasteiger partial charge in [0.15, 0.2) is 6.04 Å². The van der Waals surface area contributed by atoms with E-state index in [-0.39, 0.29) is 17.7 Å². The summed E-state index contributed by atoms with van der Waals surface area (Å²) in [6.45, 7) is 5.43. The molecule has 2 aromatic rings. The van der Waals surface area contributed by atoms with Crippen molar-refractivity contribution in [3.8, 4) is 11.5 Å². The summed E-state index contributed by atoms with van der Waals surface area (Å²) >= 11 is 6.12. The van der Waals surface area contributed by atoms with Crippen LogP contribution in [0.1, 0.15) is 6.92 Å². The number of benzene rings is 2. The molecule has 0 spiro atoms. The number of ether oxygens (including phenoxy) is 1. The van der Waals surface area contributed by atoms with Crippen LogP contribution in [-0.4, -0.2) is 50.3 Å². The molecule has 3 rings (SSSR count). The highest BCUT2D eigenvalue weighted by Gasteiger charge is 2.29. The standard InChI is InChI=1S/C20H24ClN3O3/c1-14(20(26)22-15-3-8-19(27-2)18(21)13-15)23-9-11-24(12-10-23)16-4-6-17(25)7-5-16/h3-8,13-14,25H,9-12H2,1-2H3,(H,22,26)/p+1/t14-/m0/s1. The second-order valence-corrected chi connectivity index (χ2v) is 7.13. The molecule has 6 nitrogen and oxygen atoms in total. The monoisotopic (exact) mass is 390 g/mol. The fourth-order valence-electron chi connectivity index (χ4n) is 3.33. The number of hydrogen-bond donors (Lipinski definition) is 3. The van der Waals surface area contributed by atoms with Crippen molar-refractivity contribution in [2.45, 2.75) is 13.0 Å². The van der Waals surface area contributed by atoms with Crippen molar-refractivity contribution in [3.63, 3.8) is 0 Å². The lowest BCUT2D eigenvalue weighted by Gasteiger charge is -2.36. The van der Waals surface area contributed by atoms with Crippen LogP contribution in [0.2, 0.25) is 5.02 Å². The number of methoxy groups -OCH3 is 1. The summed E-state index contributed by atoms with van der Waals surface area (Å²) in [6.07, 6.45) is 0. The number of carbonyl (C=O) groups is 1. The van der Waals surface area contributed by atoms with Gasteiger partial charge in [-0.15, -0.1) is 0 Å². The Morgan fingerprint density at radius 1 is 1.22 bits per heavy atom. The molecule has 1 aliphatic heterocycles. The summed E-state index contributed by atoms with van der Waals surface area (Å²) in [4.78, 5) is 16.1. The van der Waals surface area contributed by atoms with Gasteiger partial charge in [-0.1, -0.05) is 11.6 Å². The van der Waals surface area contributed by atoms with Crippen molar-refractivity contribution >= 4 is 28.9 Å². The van der Waals surface area contributed by atoms with Gasteiger partial charge < -0.3 is 25.0 Å². The average Bonchev–Trinajstić information content (AvgIpc) is 2.68. The maximum absolute atomic E-state index is 12.6. The van der Waals surface area contributed by atoms with E-state index in [9.17, 15) is 9.90 Å². The molecule has 1 fully saturated rings. The molecule has 0 radical (unpaired) electrons. The minimum Gasteiger partial charge on any atom is -0.508 e. The second-order valence-electron chi connectivity index (χ2n) is 6.72. The van der Waals surface area contributed by atoms with Gasteiger partial charge in [-0.2, -0.15) is 0 Å². The van der Waals surface area contributed by atoms with Gasteiger partial charge in [-0.05, 0) is 49.4 Å². The molecule has 1 aliphatic rings. The van der Waals surface area contributed by atoms with Crippen LogP contribution < -0.4 is 19.9 Å². The number of carbonyl (C=O) groups excluding carboxylic acids is 1. The lowest BCUT2D eigenvalue weighted by Crippen LogP contribution is -3.19. The van der Waals surface area contributed by atoms with Gasteiger partial charge in [0, 0.05) is 11.4 Å². The summed E-state index contributed by atoms with van der Waals surface area (Å²) in [7, 11) is 1.56. The molecule has 1 amide bonds. The first-order valence-electron chi connectivity index (χ1n) is 9.01. The second kappa shape index (κ2) is 8.50. The molecular weight excluding hydrogens is 366 g/mol. The molecule has 0 unspecified atom stereocenters. The first-order valence-corrected chi connectivity index (χ1v) is 9.38. The van der Waals surface area contributed by atoms with Gasteiger partial charge in [0.2, 0.25) is 0 Å². The zero-order valence-corrected chi connectivity index (χ0v) is 16.3. The first kappa shape index (κ1) is 19.3. The fourth-order valence-corrected chi connectivity index (χ4v) is 3.59. The maximum Gasteiger partial charge on any atom is 0.282 e. The summed E-state index contributed by atoms with van der Waals surface area (Å²) in [6, 6.07) is 12.3. The summed E-state index contributed by atoms with van der Waals surface area (Å²) in [5.74, 6) is 0.829. The zero-order valence-electron chi connectivity index (χ0n) is 15.5. The molecule has 0 saturated carbocycles. The van der Waals surface area contributed by atoms with Crippen molar-refractivity contribution in [1.82, 2.24) is 0 Å². The third kappa shape index (κ3) is 4.64. The Morgan fingerprint density at radius 3 is 2.48 bits per heavy atom. The predicted molar refractivity (Wildman–Crippen MR) is 107 cm³/mol. The number of phenolic OH excluding ortho intramolecular Hbond substituents is 1. The van der Waals surface area contributed by atoms with E-state index in [4.69, 9.17) is 16.3 Å². The number of halogens is 1. The minimum absolute atomic E-state index is 0.0238. The molecule has 27 heavy (non-hydrogen) atoms. The van der Waals surface area contributed by atoms with Crippen molar-refractivity contribution in [2.75, 3.05) is 43.5 Å². The molecule has 0 aromatic heterocycles. The number of phenols is 1. The molecule has 1 saturated heterocycles. The Hall–Kier alpha value is -2.44. The highest BCUT2D eigenvalue weighted by Crippen LogP contribution is 2.27. The van der Waals surface area contributed by atoms with E-state index >= 15 is 0 Å². The van der Waals surface area contributed by atoms with Gasteiger partial charge in [0.25, 0.3) is 5.91 Å². The number of rotatable bonds is 5. The Bertz CT molecular complexity index is 790.